The van der Waals surface area contributed by atoms with E-state index in [1.807, 2.05) is 24.3 Å². The molecule has 29 heavy (non-hydrogen) atoms. The van der Waals surface area contributed by atoms with Crippen LogP contribution in [0.4, 0.5) is 5.69 Å². The summed E-state index contributed by atoms with van der Waals surface area (Å²) in [6.45, 7) is 13.6. The van der Waals surface area contributed by atoms with Crippen LogP contribution in [0, 0.1) is 0 Å². The van der Waals surface area contributed by atoms with E-state index >= 15 is 0 Å². The highest BCUT2D eigenvalue weighted by Gasteiger charge is 2.43. The van der Waals surface area contributed by atoms with Crippen LogP contribution in [0.1, 0.15) is 61.2 Å². The lowest BCUT2D eigenvalue weighted by molar-refractivity contribution is -0.437. The maximum atomic E-state index is 12.8. The van der Waals surface area contributed by atoms with E-state index < -0.39 is 0 Å². The van der Waals surface area contributed by atoms with Gasteiger partial charge in [-0.25, -0.2) is 0 Å². The second-order valence-electron chi connectivity index (χ2n) is 8.55. The Morgan fingerprint density at radius 2 is 1.83 bits per heavy atom. The molecule has 0 unspecified atom stereocenters. The molecule has 148 valence electrons. The van der Waals surface area contributed by atoms with Crippen LogP contribution in [0.25, 0.3) is 5.70 Å². The zero-order chi connectivity index (χ0) is 20.9. The number of fused-ring (bicyclic) bond motifs is 2. The molecule has 0 saturated carbocycles. The first-order valence-electron chi connectivity index (χ1n) is 10.1. The lowest BCUT2D eigenvalue weighted by Crippen LogP contribution is -2.27. The summed E-state index contributed by atoms with van der Waals surface area (Å²) < 4.78 is 2.26. The van der Waals surface area contributed by atoms with Crippen molar-refractivity contribution in [1.82, 2.24) is 4.90 Å². The molecule has 0 bridgehead atoms. The third-order valence-corrected chi connectivity index (χ3v) is 6.40. The SMILES string of the molecule is C=C1c2ccccc2C(=O)N1Cc1ccc2c(c1)C(C)(C)C(C)=[N+]2CCC(C)=O. The van der Waals surface area contributed by atoms with E-state index in [-0.39, 0.29) is 17.1 Å². The number of carbonyl (C=O) groups excluding carboxylic acids is 2. The molecule has 2 aromatic rings. The van der Waals surface area contributed by atoms with Crippen molar-refractivity contribution < 1.29 is 14.2 Å². The molecule has 0 aliphatic carbocycles. The smallest absolute Gasteiger partial charge is 0.259 e. The maximum Gasteiger partial charge on any atom is 0.259 e. The predicted molar refractivity (Wildman–Crippen MR) is 116 cm³/mol. The van der Waals surface area contributed by atoms with Gasteiger partial charge in [0.15, 0.2) is 12.3 Å². The van der Waals surface area contributed by atoms with Crippen molar-refractivity contribution in [3.05, 3.63) is 71.3 Å². The van der Waals surface area contributed by atoms with E-state index in [9.17, 15) is 9.59 Å². The third kappa shape index (κ3) is 3.03. The zero-order valence-electron chi connectivity index (χ0n) is 17.6. The maximum absolute atomic E-state index is 12.8. The highest BCUT2D eigenvalue weighted by atomic mass is 16.2. The number of ketones is 1. The number of nitrogens with zero attached hydrogens (tertiary/aromatic N) is 2. The largest absolute Gasteiger partial charge is 0.304 e. The normalized spacial score (nSPS) is 17.0. The lowest BCUT2D eigenvalue weighted by atomic mass is 9.81. The summed E-state index contributed by atoms with van der Waals surface area (Å²) in [5, 5.41) is 0. The van der Waals surface area contributed by atoms with Crippen molar-refractivity contribution in [1.29, 1.82) is 0 Å². The molecule has 0 spiro atoms. The summed E-state index contributed by atoms with van der Waals surface area (Å²) in [6.07, 6.45) is 0.537. The first-order valence-corrected chi connectivity index (χ1v) is 10.1. The molecule has 1 amide bonds. The quantitative estimate of drug-likeness (QED) is 0.699. The lowest BCUT2D eigenvalue weighted by Gasteiger charge is -2.19. The molecule has 2 aliphatic heterocycles. The van der Waals surface area contributed by atoms with Gasteiger partial charge in [-0.3, -0.25) is 9.59 Å². The monoisotopic (exact) mass is 387 g/mol. The molecule has 4 heteroatoms. The van der Waals surface area contributed by atoms with Crippen molar-refractivity contribution in [2.24, 2.45) is 0 Å². The molecular weight excluding hydrogens is 360 g/mol. The van der Waals surface area contributed by atoms with Gasteiger partial charge in [-0.1, -0.05) is 30.8 Å². The summed E-state index contributed by atoms with van der Waals surface area (Å²) in [6, 6.07) is 14.0. The second kappa shape index (κ2) is 6.80. The minimum Gasteiger partial charge on any atom is -0.304 e. The minimum absolute atomic E-state index is 0.0104. The van der Waals surface area contributed by atoms with Crippen LogP contribution in [-0.4, -0.2) is 33.4 Å². The third-order valence-electron chi connectivity index (χ3n) is 6.40. The van der Waals surface area contributed by atoms with Crippen LogP contribution in [0.3, 0.4) is 0 Å². The van der Waals surface area contributed by atoms with E-state index in [4.69, 9.17) is 0 Å². The predicted octanol–water partition coefficient (Wildman–Crippen LogP) is 4.69. The van der Waals surface area contributed by atoms with E-state index in [0.29, 0.717) is 19.5 Å². The number of amides is 1. The highest BCUT2D eigenvalue weighted by Crippen LogP contribution is 2.41. The van der Waals surface area contributed by atoms with Crippen LogP contribution in [-0.2, 0) is 16.8 Å². The number of hydrogen-bond acceptors (Lipinski definition) is 2. The zero-order valence-corrected chi connectivity index (χ0v) is 17.6. The molecule has 0 fully saturated rings. The molecule has 0 aromatic heterocycles. The first kappa shape index (κ1) is 19.3. The summed E-state index contributed by atoms with van der Waals surface area (Å²) in [5.41, 5.74) is 7.02. The second-order valence-corrected chi connectivity index (χ2v) is 8.55. The number of rotatable bonds is 5. The standard InChI is InChI=1S/C25H27N2O2/c1-16(28)12-13-26-18(3)25(4,5)22-14-19(10-11-23(22)26)15-27-17(2)20-8-6-7-9-21(20)24(27)29/h6-11,14H,2,12-13,15H2,1,3-5H3/q+1. The van der Waals surface area contributed by atoms with Crippen molar-refractivity contribution in [3.8, 4) is 0 Å². The highest BCUT2D eigenvalue weighted by molar-refractivity contribution is 6.08. The van der Waals surface area contributed by atoms with Crippen molar-refractivity contribution in [3.63, 3.8) is 0 Å². The fraction of sp³-hybridized carbons (Fsp3) is 0.320. The van der Waals surface area contributed by atoms with Gasteiger partial charge in [-0.05, 0) is 38.5 Å². The average Bonchev–Trinajstić information content (AvgIpc) is 3.04. The fourth-order valence-corrected chi connectivity index (χ4v) is 4.37. The van der Waals surface area contributed by atoms with Gasteiger partial charge in [0.2, 0.25) is 5.69 Å². The van der Waals surface area contributed by atoms with Crippen molar-refractivity contribution in [2.75, 3.05) is 6.54 Å². The van der Waals surface area contributed by atoms with Gasteiger partial charge in [0.05, 0.1) is 18.4 Å². The summed E-state index contributed by atoms with van der Waals surface area (Å²) >= 11 is 0. The molecule has 0 N–H and O–H groups in total. The number of benzene rings is 2. The summed E-state index contributed by atoms with van der Waals surface area (Å²) in [5.74, 6) is 0.211. The summed E-state index contributed by atoms with van der Waals surface area (Å²) in [7, 11) is 0. The minimum atomic E-state index is -0.114. The van der Waals surface area contributed by atoms with E-state index in [1.165, 1.54) is 11.3 Å². The Balaban J connectivity index is 1.64. The van der Waals surface area contributed by atoms with Crippen LogP contribution in [0.2, 0.25) is 0 Å². The molecule has 0 radical (unpaired) electrons. The Kier molecular flexibility index (Phi) is 4.53. The Hall–Kier alpha value is -3.01. The van der Waals surface area contributed by atoms with Gasteiger partial charge >= 0.3 is 0 Å². The Morgan fingerprint density at radius 1 is 1.14 bits per heavy atom. The van der Waals surface area contributed by atoms with Gasteiger partial charge in [0.25, 0.3) is 5.91 Å². The van der Waals surface area contributed by atoms with Crippen LogP contribution < -0.4 is 0 Å². The number of carbonyl (C=O) groups is 2. The van der Waals surface area contributed by atoms with Crippen molar-refractivity contribution >= 4 is 28.8 Å². The molecular formula is C25H27N2O2+. The topological polar surface area (TPSA) is 40.4 Å². The number of Topliss-reactive ketones (excluding diaryl/α,β-unsaturated/α-hetero) is 1. The molecule has 0 saturated heterocycles. The molecule has 2 aliphatic rings. The Labute approximate surface area is 172 Å². The fourth-order valence-electron chi connectivity index (χ4n) is 4.37. The first-order chi connectivity index (χ1) is 13.7. The molecule has 0 atom stereocenters. The molecule has 2 aromatic carbocycles. The summed E-state index contributed by atoms with van der Waals surface area (Å²) in [4.78, 5) is 26.1. The van der Waals surface area contributed by atoms with E-state index in [1.54, 1.807) is 11.8 Å². The van der Waals surface area contributed by atoms with Crippen LogP contribution >= 0.6 is 0 Å². The Morgan fingerprint density at radius 3 is 2.48 bits per heavy atom. The van der Waals surface area contributed by atoms with Crippen molar-refractivity contribution in [2.45, 2.75) is 46.1 Å². The molecule has 2 heterocycles. The molecule has 4 rings (SSSR count). The van der Waals surface area contributed by atoms with Gasteiger partial charge < -0.3 is 4.90 Å². The van der Waals surface area contributed by atoms with Crippen LogP contribution in [0.15, 0.2) is 49.0 Å². The van der Waals surface area contributed by atoms with E-state index in [2.05, 4.69) is 50.1 Å². The molecule has 4 nitrogen and oxygen atoms in total. The van der Waals surface area contributed by atoms with Gasteiger partial charge in [-0.15, -0.1) is 0 Å². The van der Waals surface area contributed by atoms with Gasteiger partial charge in [0, 0.05) is 35.4 Å². The van der Waals surface area contributed by atoms with E-state index in [0.717, 1.165) is 28.1 Å². The number of hydrogen-bond donors (Lipinski definition) is 0. The van der Waals surface area contributed by atoms with Gasteiger partial charge in [-0.2, -0.15) is 4.58 Å². The van der Waals surface area contributed by atoms with Gasteiger partial charge in [0.1, 0.15) is 5.78 Å². The average molecular weight is 388 g/mol. The Bertz CT molecular complexity index is 1060. The van der Waals surface area contributed by atoms with Crippen LogP contribution in [0.5, 0.6) is 0 Å².